The molecule has 9 nitrogen and oxygen atoms in total. The maximum Gasteiger partial charge on any atom is 0.232 e. The topological polar surface area (TPSA) is 108 Å². The van der Waals surface area contributed by atoms with Gasteiger partial charge in [0.25, 0.3) is 0 Å². The van der Waals surface area contributed by atoms with Crippen molar-refractivity contribution < 1.29 is 13.9 Å². The van der Waals surface area contributed by atoms with Gasteiger partial charge in [0, 0.05) is 41.0 Å². The zero-order chi connectivity index (χ0) is 27.2. The monoisotopic (exact) mass is 540 g/mol. The molecule has 1 saturated carbocycles. The molecule has 4 aromatic rings. The summed E-state index contributed by atoms with van der Waals surface area (Å²) >= 11 is 1.26. The second-order valence-electron chi connectivity index (χ2n) is 10.2. The molecule has 3 aromatic heterocycles. The van der Waals surface area contributed by atoms with E-state index in [0.29, 0.717) is 34.3 Å². The minimum atomic E-state index is -0.956. The van der Waals surface area contributed by atoms with E-state index in [1.165, 1.54) is 35.8 Å². The standard InChI is InChI=1S/C26H30F2N8OS/c1-14-8-20(34-33-14)30-24-21(15-6-7-15)22(16-11-29-36(12-16)13-26(2,3)37)31-25(32-24)35(4)23-18(27)9-17(38-5)10-19(23)28/h8-12,15,37H,6-7,13H2,1-5H3,(H2,30,31,32,33,34). The zero-order valence-corrected chi connectivity index (χ0v) is 22.7. The number of rotatable bonds is 9. The smallest absolute Gasteiger partial charge is 0.232 e. The number of hydrogen-bond donors (Lipinski definition) is 3. The molecule has 0 saturated heterocycles. The lowest BCUT2D eigenvalue weighted by Crippen LogP contribution is -2.26. The molecule has 0 bridgehead atoms. The molecule has 0 unspecified atom stereocenters. The van der Waals surface area contributed by atoms with Gasteiger partial charge in [-0.1, -0.05) is 0 Å². The van der Waals surface area contributed by atoms with Gasteiger partial charge < -0.3 is 15.3 Å². The number of thioether (sulfide) groups is 1. The van der Waals surface area contributed by atoms with Crippen molar-refractivity contribution in [3.63, 3.8) is 0 Å². The predicted octanol–water partition coefficient (Wildman–Crippen LogP) is 5.53. The van der Waals surface area contributed by atoms with Gasteiger partial charge in [0.05, 0.1) is 24.0 Å². The molecule has 1 fully saturated rings. The number of halogens is 2. The molecule has 0 aliphatic heterocycles. The van der Waals surface area contributed by atoms with Crippen LogP contribution < -0.4 is 10.2 Å². The summed E-state index contributed by atoms with van der Waals surface area (Å²) in [6.07, 6.45) is 7.19. The van der Waals surface area contributed by atoms with Gasteiger partial charge in [-0.25, -0.2) is 13.8 Å². The van der Waals surface area contributed by atoms with Crippen LogP contribution in [0.15, 0.2) is 35.5 Å². The van der Waals surface area contributed by atoms with Crippen LogP contribution in [0.5, 0.6) is 0 Å². The van der Waals surface area contributed by atoms with Crippen LogP contribution in [0, 0.1) is 18.6 Å². The third kappa shape index (κ3) is 5.51. The van der Waals surface area contributed by atoms with Crippen LogP contribution in [0.25, 0.3) is 11.3 Å². The fourth-order valence-electron chi connectivity index (χ4n) is 4.33. The molecule has 1 aliphatic carbocycles. The van der Waals surface area contributed by atoms with Crippen LogP contribution in [-0.2, 0) is 6.54 Å². The first-order valence-electron chi connectivity index (χ1n) is 12.3. The second-order valence-corrected chi connectivity index (χ2v) is 11.1. The molecule has 1 aromatic carbocycles. The van der Waals surface area contributed by atoms with Crippen LogP contribution in [0.3, 0.4) is 0 Å². The number of anilines is 4. The Balaban J connectivity index is 1.66. The summed E-state index contributed by atoms with van der Waals surface area (Å²) in [6, 6.07) is 4.44. The van der Waals surface area contributed by atoms with Crippen molar-refractivity contribution in [1.82, 2.24) is 29.9 Å². The van der Waals surface area contributed by atoms with E-state index in [1.54, 1.807) is 31.0 Å². The van der Waals surface area contributed by atoms with E-state index in [2.05, 4.69) is 20.6 Å². The lowest BCUT2D eigenvalue weighted by molar-refractivity contribution is 0.0577. The van der Waals surface area contributed by atoms with Crippen LogP contribution in [0.4, 0.5) is 32.1 Å². The number of hydrogen-bond acceptors (Lipinski definition) is 8. The highest BCUT2D eigenvalue weighted by molar-refractivity contribution is 7.98. The second kappa shape index (κ2) is 9.99. The Bertz CT molecular complexity index is 1450. The van der Waals surface area contributed by atoms with Crippen molar-refractivity contribution in [2.75, 3.05) is 23.5 Å². The van der Waals surface area contributed by atoms with Gasteiger partial charge in [0.1, 0.15) is 11.5 Å². The van der Waals surface area contributed by atoms with Crippen molar-refractivity contribution in [1.29, 1.82) is 0 Å². The number of nitrogens with one attached hydrogen (secondary N) is 2. The van der Waals surface area contributed by atoms with Crippen molar-refractivity contribution in [2.45, 2.75) is 56.6 Å². The minimum Gasteiger partial charge on any atom is -0.389 e. The molecule has 200 valence electrons. The van der Waals surface area contributed by atoms with Crippen LogP contribution in [0.1, 0.15) is 43.9 Å². The normalized spacial score (nSPS) is 13.7. The summed E-state index contributed by atoms with van der Waals surface area (Å²) in [4.78, 5) is 11.4. The number of aromatic nitrogens is 6. The average Bonchev–Trinajstić information content (AvgIpc) is 3.44. The zero-order valence-electron chi connectivity index (χ0n) is 21.9. The Labute approximate surface area is 223 Å². The van der Waals surface area contributed by atoms with Crippen LogP contribution in [0.2, 0.25) is 0 Å². The predicted molar refractivity (Wildman–Crippen MR) is 144 cm³/mol. The minimum absolute atomic E-state index is 0.115. The number of aromatic amines is 1. The van der Waals surface area contributed by atoms with E-state index in [1.807, 2.05) is 19.2 Å². The molecular formula is C26H30F2N8OS. The molecule has 0 spiro atoms. The molecule has 1 aliphatic rings. The average molecular weight is 541 g/mol. The van der Waals surface area contributed by atoms with E-state index in [0.717, 1.165) is 24.1 Å². The molecule has 0 amide bonds. The molecule has 3 N–H and O–H groups in total. The summed E-state index contributed by atoms with van der Waals surface area (Å²) in [5, 5.41) is 25.2. The number of aliphatic hydroxyl groups is 1. The molecule has 0 radical (unpaired) electrons. The van der Waals surface area contributed by atoms with Gasteiger partial charge in [-0.15, -0.1) is 11.8 Å². The van der Waals surface area contributed by atoms with E-state index >= 15 is 8.78 Å². The van der Waals surface area contributed by atoms with Crippen molar-refractivity contribution in [3.05, 3.63) is 53.5 Å². The van der Waals surface area contributed by atoms with Crippen molar-refractivity contribution in [3.8, 4) is 11.3 Å². The number of aryl methyl sites for hydroxylation is 1. The maximum atomic E-state index is 15.1. The van der Waals surface area contributed by atoms with Crippen molar-refractivity contribution >= 4 is 35.0 Å². The first kappa shape index (κ1) is 26.1. The van der Waals surface area contributed by atoms with Gasteiger partial charge in [-0.05, 0) is 57.9 Å². The largest absolute Gasteiger partial charge is 0.389 e. The Morgan fingerprint density at radius 3 is 2.50 bits per heavy atom. The number of benzene rings is 1. The van der Waals surface area contributed by atoms with Gasteiger partial charge in [-0.2, -0.15) is 15.2 Å². The molecule has 3 heterocycles. The van der Waals surface area contributed by atoms with E-state index in [4.69, 9.17) is 9.97 Å². The maximum absolute atomic E-state index is 15.1. The van der Waals surface area contributed by atoms with Gasteiger partial charge >= 0.3 is 0 Å². The summed E-state index contributed by atoms with van der Waals surface area (Å²) in [7, 11) is 1.54. The number of nitrogens with zero attached hydrogens (tertiary/aromatic N) is 6. The SMILES string of the molecule is CSc1cc(F)c(N(C)c2nc(Nc3cc(C)[nH]n3)c(C3CC3)c(-c3cnn(CC(C)(C)O)c3)n2)c(F)c1. The Morgan fingerprint density at radius 2 is 1.92 bits per heavy atom. The van der Waals surface area contributed by atoms with Gasteiger partial charge in [0.2, 0.25) is 5.95 Å². The summed E-state index contributed by atoms with van der Waals surface area (Å²) in [5.41, 5.74) is 1.90. The number of H-pyrrole nitrogens is 1. The quantitative estimate of drug-likeness (QED) is 0.238. The third-order valence-electron chi connectivity index (χ3n) is 6.19. The third-order valence-corrected chi connectivity index (χ3v) is 6.90. The van der Waals surface area contributed by atoms with Crippen LogP contribution in [-0.4, -0.2) is 54.0 Å². The van der Waals surface area contributed by atoms with Crippen molar-refractivity contribution in [2.24, 2.45) is 0 Å². The Morgan fingerprint density at radius 1 is 1.21 bits per heavy atom. The summed E-state index contributed by atoms with van der Waals surface area (Å²) < 4.78 is 31.8. The highest BCUT2D eigenvalue weighted by atomic mass is 32.2. The van der Waals surface area contributed by atoms with Gasteiger partial charge in [-0.3, -0.25) is 9.78 Å². The first-order valence-corrected chi connectivity index (χ1v) is 13.5. The fraction of sp³-hybridized carbons (Fsp3) is 0.385. The van der Waals surface area contributed by atoms with E-state index in [-0.39, 0.29) is 17.6 Å². The lowest BCUT2D eigenvalue weighted by atomic mass is 10.1. The molecule has 38 heavy (non-hydrogen) atoms. The van der Waals surface area contributed by atoms with E-state index < -0.39 is 17.2 Å². The Kier molecular flexibility index (Phi) is 6.86. The molecule has 12 heteroatoms. The van der Waals surface area contributed by atoms with Crippen LogP contribution >= 0.6 is 11.8 Å². The highest BCUT2D eigenvalue weighted by Gasteiger charge is 2.33. The molecular weight excluding hydrogens is 510 g/mol. The van der Waals surface area contributed by atoms with E-state index in [9.17, 15) is 5.11 Å². The fourth-order valence-corrected chi connectivity index (χ4v) is 4.78. The lowest BCUT2D eigenvalue weighted by Gasteiger charge is -2.22. The highest BCUT2D eigenvalue weighted by Crippen LogP contribution is 2.48. The Hall–Kier alpha value is -3.51. The first-order chi connectivity index (χ1) is 18.0. The van der Waals surface area contributed by atoms with Gasteiger partial charge in [0.15, 0.2) is 17.5 Å². The molecule has 0 atom stereocenters. The summed E-state index contributed by atoms with van der Waals surface area (Å²) in [5.74, 6) is 0.0139. The summed E-state index contributed by atoms with van der Waals surface area (Å²) in [6.45, 7) is 5.60. The molecule has 5 rings (SSSR count).